The molecule has 0 saturated carbocycles. The monoisotopic (exact) mass is 603 g/mol. The second-order valence-corrected chi connectivity index (χ2v) is 11.4. The lowest BCUT2D eigenvalue weighted by molar-refractivity contribution is -0.138. The van der Waals surface area contributed by atoms with Crippen molar-refractivity contribution in [2.24, 2.45) is 4.99 Å². The first kappa shape index (κ1) is 29.1. The van der Waals surface area contributed by atoms with Gasteiger partial charge in [0.1, 0.15) is 5.75 Å². The molecule has 0 unspecified atom stereocenters. The van der Waals surface area contributed by atoms with Crippen molar-refractivity contribution in [3.63, 3.8) is 0 Å². The number of hydrogen-bond acceptors (Lipinski definition) is 6. The van der Waals surface area contributed by atoms with Crippen LogP contribution in [-0.2, 0) is 9.53 Å². The molecule has 2 aromatic heterocycles. The summed E-state index contributed by atoms with van der Waals surface area (Å²) in [6.45, 7) is 8.54. The number of ether oxygens (including phenoxy) is 2. The SMILES string of the molecule is CCOC(=O)C1=C(c2ccccc2)N=c2s/c(=C\c3cc(C)n(-c4ccccc4)c3C)c(=O)n2[C@@H]1c1ccc(OCC)cc1. The van der Waals surface area contributed by atoms with Crippen molar-refractivity contribution in [2.45, 2.75) is 33.7 Å². The lowest BCUT2D eigenvalue weighted by Crippen LogP contribution is -2.40. The van der Waals surface area contributed by atoms with E-state index in [9.17, 15) is 9.59 Å². The molecule has 6 rings (SSSR count). The van der Waals surface area contributed by atoms with E-state index in [-0.39, 0.29) is 12.2 Å². The number of para-hydroxylation sites is 1. The summed E-state index contributed by atoms with van der Waals surface area (Å²) in [5, 5.41) is 0. The molecule has 1 aliphatic heterocycles. The lowest BCUT2D eigenvalue weighted by atomic mass is 9.93. The second kappa shape index (κ2) is 12.3. The summed E-state index contributed by atoms with van der Waals surface area (Å²) in [7, 11) is 0. The zero-order valence-electron chi connectivity index (χ0n) is 25.1. The Morgan fingerprint density at radius 3 is 2.27 bits per heavy atom. The fourth-order valence-electron chi connectivity index (χ4n) is 5.72. The molecule has 0 bridgehead atoms. The summed E-state index contributed by atoms with van der Waals surface area (Å²) in [4.78, 5) is 33.4. The minimum Gasteiger partial charge on any atom is -0.494 e. The van der Waals surface area contributed by atoms with Crippen LogP contribution in [0.5, 0.6) is 5.75 Å². The zero-order chi connectivity index (χ0) is 30.8. The fourth-order valence-corrected chi connectivity index (χ4v) is 6.71. The predicted molar refractivity (Wildman–Crippen MR) is 174 cm³/mol. The van der Waals surface area contributed by atoms with Crippen LogP contribution in [0.1, 0.15) is 48.0 Å². The van der Waals surface area contributed by atoms with E-state index in [4.69, 9.17) is 14.5 Å². The quantitative estimate of drug-likeness (QED) is 0.212. The van der Waals surface area contributed by atoms with E-state index in [0.717, 1.165) is 33.8 Å². The number of benzene rings is 3. The van der Waals surface area contributed by atoms with Crippen LogP contribution >= 0.6 is 11.3 Å². The van der Waals surface area contributed by atoms with Gasteiger partial charge in [0.05, 0.1) is 35.1 Å². The molecular weight excluding hydrogens is 570 g/mol. The van der Waals surface area contributed by atoms with Crippen LogP contribution in [0.2, 0.25) is 0 Å². The summed E-state index contributed by atoms with van der Waals surface area (Å²) in [6, 6.07) is 28.6. The van der Waals surface area contributed by atoms with Crippen molar-refractivity contribution in [1.82, 2.24) is 9.13 Å². The Morgan fingerprint density at radius 2 is 1.61 bits per heavy atom. The second-order valence-electron chi connectivity index (χ2n) is 10.4. The standard InChI is InChI=1S/C36H33N3O4S/c1-5-42-29-19-17-26(18-20-29)33-31(35(41)43-6-2)32(25-13-9-7-10-14-25)37-36-39(33)34(40)30(44-36)22-27-21-23(3)38(24(27)4)28-15-11-8-12-16-28/h7-22,33H,5-6H2,1-4H3/b30-22-/t33-/m1/s1. The van der Waals surface area contributed by atoms with Crippen LogP contribution in [0.3, 0.4) is 0 Å². The molecule has 8 heteroatoms. The molecule has 5 aromatic rings. The normalized spacial score (nSPS) is 14.7. The Kier molecular flexibility index (Phi) is 8.17. The van der Waals surface area contributed by atoms with E-state index in [1.165, 1.54) is 11.3 Å². The smallest absolute Gasteiger partial charge is 0.338 e. The third-order valence-corrected chi connectivity index (χ3v) is 8.63. The molecule has 7 nitrogen and oxygen atoms in total. The van der Waals surface area contributed by atoms with Gasteiger partial charge >= 0.3 is 5.97 Å². The van der Waals surface area contributed by atoms with Gasteiger partial charge in [0.2, 0.25) is 0 Å². The zero-order valence-corrected chi connectivity index (χ0v) is 25.9. The van der Waals surface area contributed by atoms with E-state index < -0.39 is 12.0 Å². The van der Waals surface area contributed by atoms with Gasteiger partial charge in [0, 0.05) is 22.6 Å². The molecule has 0 saturated heterocycles. The number of rotatable bonds is 8. The number of carbonyl (C=O) groups is 1. The Labute approximate surface area is 259 Å². The first-order chi connectivity index (χ1) is 21.4. The first-order valence-corrected chi connectivity index (χ1v) is 15.5. The van der Waals surface area contributed by atoms with Gasteiger partial charge in [-0.2, -0.15) is 0 Å². The average Bonchev–Trinajstić information content (AvgIpc) is 3.51. The molecule has 0 spiro atoms. The van der Waals surface area contributed by atoms with Crippen molar-refractivity contribution in [2.75, 3.05) is 13.2 Å². The molecule has 3 aromatic carbocycles. The molecule has 0 amide bonds. The fraction of sp³-hybridized carbons (Fsp3) is 0.194. The van der Waals surface area contributed by atoms with Crippen molar-refractivity contribution in [1.29, 1.82) is 0 Å². The molecule has 0 aliphatic carbocycles. The third-order valence-electron chi connectivity index (χ3n) is 7.65. The molecule has 0 N–H and O–H groups in total. The highest BCUT2D eigenvalue weighted by atomic mass is 32.1. The van der Waals surface area contributed by atoms with Crippen molar-refractivity contribution < 1.29 is 14.3 Å². The minimum absolute atomic E-state index is 0.196. The largest absolute Gasteiger partial charge is 0.494 e. The van der Waals surface area contributed by atoms with Crippen LogP contribution in [0, 0.1) is 13.8 Å². The summed E-state index contributed by atoms with van der Waals surface area (Å²) in [5.74, 6) is 0.206. The summed E-state index contributed by atoms with van der Waals surface area (Å²) in [5.41, 5.74) is 6.24. The van der Waals surface area contributed by atoms with Crippen molar-refractivity contribution in [3.05, 3.63) is 144 Å². The van der Waals surface area contributed by atoms with Gasteiger partial charge in [-0.25, -0.2) is 9.79 Å². The Balaban J connectivity index is 1.59. The van der Waals surface area contributed by atoms with Gasteiger partial charge < -0.3 is 14.0 Å². The van der Waals surface area contributed by atoms with Gasteiger partial charge in [-0.1, -0.05) is 72.0 Å². The maximum atomic E-state index is 14.3. The van der Waals surface area contributed by atoms with Crippen LogP contribution in [0.15, 0.2) is 106 Å². The highest BCUT2D eigenvalue weighted by molar-refractivity contribution is 7.07. The summed E-state index contributed by atoms with van der Waals surface area (Å²) in [6.07, 6.45) is 1.93. The number of esters is 1. The highest BCUT2D eigenvalue weighted by Gasteiger charge is 2.35. The Morgan fingerprint density at radius 1 is 0.932 bits per heavy atom. The Hall–Kier alpha value is -4.95. The summed E-state index contributed by atoms with van der Waals surface area (Å²) < 4.78 is 15.6. The van der Waals surface area contributed by atoms with Gasteiger partial charge in [-0.3, -0.25) is 9.36 Å². The summed E-state index contributed by atoms with van der Waals surface area (Å²) >= 11 is 1.32. The topological polar surface area (TPSA) is 74.8 Å². The molecular formula is C36H33N3O4S. The van der Waals surface area contributed by atoms with E-state index in [0.29, 0.717) is 33.0 Å². The molecule has 0 fully saturated rings. The maximum absolute atomic E-state index is 14.3. The number of fused-ring (bicyclic) bond motifs is 1. The lowest BCUT2D eigenvalue weighted by Gasteiger charge is -2.26. The number of carbonyl (C=O) groups excluding carboxylic acids is 1. The molecule has 1 atom stereocenters. The minimum atomic E-state index is -0.741. The first-order valence-electron chi connectivity index (χ1n) is 14.7. The van der Waals surface area contributed by atoms with Crippen molar-refractivity contribution in [3.8, 4) is 11.4 Å². The molecule has 3 heterocycles. The number of aromatic nitrogens is 2. The van der Waals surface area contributed by atoms with E-state index in [1.807, 2.05) is 85.8 Å². The van der Waals surface area contributed by atoms with Crippen LogP contribution in [-0.4, -0.2) is 28.3 Å². The van der Waals surface area contributed by atoms with Gasteiger partial charge in [0.25, 0.3) is 5.56 Å². The number of nitrogens with zero attached hydrogens (tertiary/aromatic N) is 3. The van der Waals surface area contributed by atoms with E-state index in [1.54, 1.807) is 11.5 Å². The molecule has 44 heavy (non-hydrogen) atoms. The highest BCUT2D eigenvalue weighted by Crippen LogP contribution is 2.35. The number of hydrogen-bond donors (Lipinski definition) is 0. The average molecular weight is 604 g/mol. The van der Waals surface area contributed by atoms with Gasteiger partial charge in [0.15, 0.2) is 4.80 Å². The molecule has 222 valence electrons. The van der Waals surface area contributed by atoms with E-state index >= 15 is 0 Å². The number of aryl methyl sites for hydroxylation is 1. The maximum Gasteiger partial charge on any atom is 0.338 e. The van der Waals surface area contributed by atoms with E-state index in [2.05, 4.69) is 36.6 Å². The third kappa shape index (κ3) is 5.33. The predicted octanol–water partition coefficient (Wildman–Crippen LogP) is 5.74. The molecule has 1 aliphatic rings. The Bertz CT molecular complexity index is 2040. The van der Waals surface area contributed by atoms with Crippen LogP contribution < -0.4 is 19.6 Å². The van der Waals surface area contributed by atoms with Gasteiger partial charge in [-0.15, -0.1) is 0 Å². The molecule has 0 radical (unpaired) electrons. The number of thiazole rings is 1. The van der Waals surface area contributed by atoms with Gasteiger partial charge in [-0.05, 0) is 75.2 Å². The van der Waals surface area contributed by atoms with Crippen LogP contribution in [0.4, 0.5) is 0 Å². The van der Waals surface area contributed by atoms with Crippen LogP contribution in [0.25, 0.3) is 17.5 Å². The van der Waals surface area contributed by atoms with Crippen molar-refractivity contribution >= 4 is 29.1 Å².